The Bertz CT molecular complexity index is 584. The van der Waals surface area contributed by atoms with Gasteiger partial charge in [0.2, 0.25) is 0 Å². The van der Waals surface area contributed by atoms with Crippen molar-refractivity contribution in [3.05, 3.63) is 30.1 Å². The van der Waals surface area contributed by atoms with E-state index in [0.29, 0.717) is 0 Å². The Labute approximate surface area is 113 Å². The van der Waals surface area contributed by atoms with Gasteiger partial charge in [-0.25, -0.2) is 4.98 Å². The van der Waals surface area contributed by atoms with Gasteiger partial charge in [-0.1, -0.05) is 6.07 Å². The lowest BCUT2D eigenvalue weighted by atomic mass is 9.74. The molecule has 1 atom stereocenters. The number of aryl methyl sites for hydroxylation is 1. The highest BCUT2D eigenvalue weighted by Gasteiger charge is 2.40. The second-order valence-electron chi connectivity index (χ2n) is 5.85. The Morgan fingerprint density at radius 1 is 1.47 bits per heavy atom. The largest absolute Gasteiger partial charge is 0.379 e. The van der Waals surface area contributed by atoms with Crippen LogP contribution in [0.3, 0.4) is 0 Å². The molecular formula is C15H21N3O. The van der Waals surface area contributed by atoms with Crippen molar-refractivity contribution in [2.24, 2.45) is 12.8 Å². The zero-order chi connectivity index (χ0) is 13.5. The highest BCUT2D eigenvalue weighted by molar-refractivity contribution is 5.76. The molecule has 0 spiro atoms. The maximum atomic E-state index is 5.89. The van der Waals surface area contributed by atoms with E-state index < -0.39 is 0 Å². The van der Waals surface area contributed by atoms with E-state index in [4.69, 9.17) is 10.5 Å². The lowest BCUT2D eigenvalue weighted by Gasteiger charge is -2.42. The van der Waals surface area contributed by atoms with Gasteiger partial charge in [0.25, 0.3) is 0 Å². The average molecular weight is 259 g/mol. The molecule has 4 heteroatoms. The standard InChI is InChI=1S/C15H21N3O/c1-11(16)5-6-15(8-19-9-15)12-3-4-14-13(7-12)17-10-18(14)2/h3-4,7,10-11H,5-6,8-9,16H2,1-2H3. The lowest BCUT2D eigenvalue weighted by molar-refractivity contribution is -0.0656. The Morgan fingerprint density at radius 2 is 2.26 bits per heavy atom. The number of benzene rings is 1. The van der Waals surface area contributed by atoms with E-state index in [0.717, 1.165) is 31.6 Å². The molecule has 3 rings (SSSR count). The summed E-state index contributed by atoms with van der Waals surface area (Å²) >= 11 is 0. The molecule has 2 N–H and O–H groups in total. The number of hydrogen-bond acceptors (Lipinski definition) is 3. The number of imidazole rings is 1. The van der Waals surface area contributed by atoms with Crippen molar-refractivity contribution in [2.75, 3.05) is 13.2 Å². The van der Waals surface area contributed by atoms with Crippen LogP contribution in [0.1, 0.15) is 25.3 Å². The first kappa shape index (κ1) is 12.6. The highest BCUT2D eigenvalue weighted by atomic mass is 16.5. The SMILES string of the molecule is CC(N)CCC1(c2ccc3c(c2)ncn3C)COC1. The van der Waals surface area contributed by atoms with Gasteiger partial charge in [-0.3, -0.25) is 0 Å². The van der Waals surface area contributed by atoms with E-state index in [1.165, 1.54) is 11.1 Å². The molecular weight excluding hydrogens is 238 g/mol. The minimum absolute atomic E-state index is 0.152. The second-order valence-corrected chi connectivity index (χ2v) is 5.85. The lowest BCUT2D eigenvalue weighted by Crippen LogP contribution is -2.47. The Kier molecular flexibility index (Phi) is 3.07. The second kappa shape index (κ2) is 4.62. The molecule has 0 saturated carbocycles. The van der Waals surface area contributed by atoms with Gasteiger partial charge in [-0.05, 0) is 37.5 Å². The molecule has 1 aliphatic rings. The average Bonchev–Trinajstić information content (AvgIpc) is 2.69. The topological polar surface area (TPSA) is 53.1 Å². The highest BCUT2D eigenvalue weighted by Crippen LogP contribution is 2.38. The molecule has 2 aromatic rings. The monoisotopic (exact) mass is 259 g/mol. The van der Waals surface area contributed by atoms with E-state index in [1.54, 1.807) is 0 Å². The summed E-state index contributed by atoms with van der Waals surface area (Å²) < 4.78 is 7.52. The van der Waals surface area contributed by atoms with Crippen LogP contribution in [0.15, 0.2) is 24.5 Å². The fourth-order valence-electron chi connectivity index (χ4n) is 2.77. The van der Waals surface area contributed by atoms with Crippen LogP contribution in [-0.4, -0.2) is 28.8 Å². The number of nitrogens with two attached hydrogens (primary N) is 1. The van der Waals surface area contributed by atoms with E-state index in [2.05, 4.69) is 30.1 Å². The Balaban J connectivity index is 1.92. The quantitative estimate of drug-likeness (QED) is 0.913. The summed E-state index contributed by atoms with van der Waals surface area (Å²) in [6.07, 6.45) is 3.98. The van der Waals surface area contributed by atoms with Crippen LogP contribution >= 0.6 is 0 Å². The normalized spacial score (nSPS) is 19.3. The number of nitrogens with zero attached hydrogens (tertiary/aromatic N) is 2. The van der Waals surface area contributed by atoms with Crippen LogP contribution in [0, 0.1) is 0 Å². The van der Waals surface area contributed by atoms with E-state index in [9.17, 15) is 0 Å². The molecule has 19 heavy (non-hydrogen) atoms. The smallest absolute Gasteiger partial charge is 0.0955 e. The number of aromatic nitrogens is 2. The fraction of sp³-hybridized carbons (Fsp3) is 0.533. The van der Waals surface area contributed by atoms with Crippen molar-refractivity contribution in [1.82, 2.24) is 9.55 Å². The molecule has 1 aromatic carbocycles. The van der Waals surface area contributed by atoms with Crippen molar-refractivity contribution in [1.29, 1.82) is 0 Å². The van der Waals surface area contributed by atoms with Gasteiger partial charge in [0.15, 0.2) is 0 Å². The molecule has 1 fully saturated rings. The van der Waals surface area contributed by atoms with E-state index in [1.807, 2.05) is 17.9 Å². The van der Waals surface area contributed by atoms with Crippen LogP contribution in [0.2, 0.25) is 0 Å². The first-order valence-electron chi connectivity index (χ1n) is 6.86. The Hall–Kier alpha value is -1.39. The van der Waals surface area contributed by atoms with Gasteiger partial charge in [0.1, 0.15) is 0 Å². The maximum absolute atomic E-state index is 5.89. The zero-order valence-corrected chi connectivity index (χ0v) is 11.6. The van der Waals surface area contributed by atoms with Crippen molar-refractivity contribution >= 4 is 11.0 Å². The number of fused-ring (bicyclic) bond motifs is 1. The van der Waals surface area contributed by atoms with Gasteiger partial charge < -0.3 is 15.0 Å². The minimum Gasteiger partial charge on any atom is -0.379 e. The molecule has 1 aromatic heterocycles. The van der Waals surface area contributed by atoms with Crippen molar-refractivity contribution in [2.45, 2.75) is 31.2 Å². The van der Waals surface area contributed by atoms with Crippen LogP contribution in [0.25, 0.3) is 11.0 Å². The molecule has 2 heterocycles. The molecule has 1 aliphatic heterocycles. The summed E-state index contributed by atoms with van der Waals surface area (Å²) in [4.78, 5) is 4.44. The summed E-state index contributed by atoms with van der Waals surface area (Å²) in [5.74, 6) is 0. The molecule has 0 radical (unpaired) electrons. The van der Waals surface area contributed by atoms with Gasteiger partial charge in [-0.2, -0.15) is 0 Å². The third kappa shape index (κ3) is 2.15. The Morgan fingerprint density at radius 3 is 2.89 bits per heavy atom. The molecule has 4 nitrogen and oxygen atoms in total. The molecule has 102 valence electrons. The first-order valence-corrected chi connectivity index (χ1v) is 6.86. The predicted octanol–water partition coefficient (Wildman–Crippen LogP) is 1.97. The molecule has 0 aliphatic carbocycles. The minimum atomic E-state index is 0.152. The van der Waals surface area contributed by atoms with Crippen molar-refractivity contribution < 1.29 is 4.74 Å². The van der Waals surface area contributed by atoms with Crippen LogP contribution < -0.4 is 5.73 Å². The molecule has 1 saturated heterocycles. The third-order valence-corrected chi connectivity index (χ3v) is 4.17. The molecule has 0 amide bonds. The first-order chi connectivity index (χ1) is 9.11. The number of rotatable bonds is 4. The van der Waals surface area contributed by atoms with Gasteiger partial charge in [0.05, 0.1) is 30.6 Å². The maximum Gasteiger partial charge on any atom is 0.0955 e. The summed E-state index contributed by atoms with van der Waals surface area (Å²) in [7, 11) is 2.02. The fourth-order valence-corrected chi connectivity index (χ4v) is 2.77. The van der Waals surface area contributed by atoms with Crippen LogP contribution in [0.5, 0.6) is 0 Å². The van der Waals surface area contributed by atoms with Crippen LogP contribution in [-0.2, 0) is 17.2 Å². The zero-order valence-electron chi connectivity index (χ0n) is 11.6. The summed E-state index contributed by atoms with van der Waals surface area (Å²) in [6.45, 7) is 3.67. The number of ether oxygens (including phenoxy) is 1. The van der Waals surface area contributed by atoms with Gasteiger partial charge in [0, 0.05) is 18.5 Å². The van der Waals surface area contributed by atoms with Gasteiger partial charge >= 0.3 is 0 Å². The summed E-state index contributed by atoms with van der Waals surface area (Å²) in [5, 5.41) is 0. The van der Waals surface area contributed by atoms with Crippen molar-refractivity contribution in [3.63, 3.8) is 0 Å². The number of hydrogen-bond donors (Lipinski definition) is 1. The van der Waals surface area contributed by atoms with Crippen molar-refractivity contribution in [3.8, 4) is 0 Å². The third-order valence-electron chi connectivity index (χ3n) is 4.17. The molecule has 0 bridgehead atoms. The molecule has 1 unspecified atom stereocenters. The van der Waals surface area contributed by atoms with Gasteiger partial charge in [-0.15, -0.1) is 0 Å². The van der Waals surface area contributed by atoms with E-state index in [-0.39, 0.29) is 11.5 Å². The van der Waals surface area contributed by atoms with Crippen LogP contribution in [0.4, 0.5) is 0 Å². The summed E-state index contributed by atoms with van der Waals surface area (Å²) in [5.41, 5.74) is 9.62. The predicted molar refractivity (Wildman–Crippen MR) is 76.1 cm³/mol. The van der Waals surface area contributed by atoms with E-state index >= 15 is 0 Å². The summed E-state index contributed by atoms with van der Waals surface area (Å²) in [6, 6.07) is 6.83.